The van der Waals surface area contributed by atoms with Crippen molar-refractivity contribution >= 4 is 21.8 Å². The van der Waals surface area contributed by atoms with Gasteiger partial charge in [-0.25, -0.2) is 0 Å². The van der Waals surface area contributed by atoms with Crippen molar-refractivity contribution in [2.45, 2.75) is 0 Å². The Morgan fingerprint density at radius 2 is 0.735 bits per heavy atom. The number of phenolic OH excluding ortho intramolecular Hbond substituents is 3. The van der Waals surface area contributed by atoms with Crippen LogP contribution < -0.4 is 0 Å². The lowest BCUT2D eigenvalue weighted by Gasteiger charge is -2.09. The van der Waals surface area contributed by atoms with Crippen LogP contribution in [-0.2, 0) is 0 Å². The van der Waals surface area contributed by atoms with Crippen LogP contribution in [0.1, 0.15) is 0 Å². The molecule has 0 saturated heterocycles. The third-order valence-electron chi connectivity index (χ3n) is 6.27. The fraction of sp³-hybridized carbons (Fsp3) is 0. The predicted octanol–water partition coefficient (Wildman–Crippen LogP) is 7.23. The van der Waals surface area contributed by atoms with Crippen molar-refractivity contribution < 1.29 is 15.3 Å². The summed E-state index contributed by atoms with van der Waals surface area (Å²) in [6.07, 6.45) is 0. The van der Waals surface area contributed by atoms with Gasteiger partial charge in [-0.2, -0.15) is 0 Å². The average molecular weight is 444 g/mol. The third-order valence-corrected chi connectivity index (χ3v) is 6.27. The first-order valence-electron chi connectivity index (χ1n) is 11.0. The van der Waals surface area contributed by atoms with Gasteiger partial charge >= 0.3 is 0 Å². The van der Waals surface area contributed by atoms with Crippen molar-refractivity contribution in [2.24, 2.45) is 0 Å². The van der Waals surface area contributed by atoms with E-state index in [1.165, 1.54) is 0 Å². The van der Waals surface area contributed by atoms with E-state index in [0.29, 0.717) is 0 Å². The number of hydrogen-bond donors (Lipinski definition) is 3. The molecule has 0 bridgehead atoms. The van der Waals surface area contributed by atoms with E-state index in [9.17, 15) is 15.3 Å². The molecule has 0 saturated carbocycles. The number of rotatable bonds is 3. The van der Waals surface area contributed by atoms with Gasteiger partial charge < -0.3 is 19.9 Å². The van der Waals surface area contributed by atoms with Gasteiger partial charge in [0, 0.05) is 16.5 Å². The van der Waals surface area contributed by atoms with Crippen LogP contribution in [0.15, 0.2) is 109 Å². The molecule has 0 spiro atoms. The number of hydrogen-bond acceptors (Lipinski definition) is 3. The van der Waals surface area contributed by atoms with Gasteiger partial charge in [0.15, 0.2) is 0 Å². The molecule has 4 nitrogen and oxygen atoms in total. The monoisotopic (exact) mass is 443 g/mol. The molecule has 0 unspecified atom stereocenters. The standard InChI is InChI=1S/C30H21NO3/c32-24-9-1-19(2-10-24)21-5-15-29-27(17-21)28-18-22(20-3-11-25(33)12-4-20)6-16-30(28)31(29)23-7-13-26(34)14-8-23/h1-18,32-34H. The maximum absolute atomic E-state index is 9.80. The average Bonchev–Trinajstić information content (AvgIpc) is 3.18. The summed E-state index contributed by atoms with van der Waals surface area (Å²) >= 11 is 0. The van der Waals surface area contributed by atoms with Crippen LogP contribution in [0, 0.1) is 0 Å². The molecule has 34 heavy (non-hydrogen) atoms. The van der Waals surface area contributed by atoms with Gasteiger partial charge in [0.05, 0.1) is 11.0 Å². The molecule has 164 valence electrons. The highest BCUT2D eigenvalue weighted by Gasteiger charge is 2.15. The Labute approximate surface area is 196 Å². The molecule has 1 heterocycles. The summed E-state index contributed by atoms with van der Waals surface area (Å²) in [5, 5.41) is 31.4. The Morgan fingerprint density at radius 1 is 0.382 bits per heavy atom. The SMILES string of the molecule is Oc1ccc(-c2ccc3c(c2)c2cc(-c4ccc(O)cc4)ccc2n3-c2ccc(O)cc2)cc1. The highest BCUT2D eigenvalue weighted by Crippen LogP contribution is 2.37. The molecule has 0 radical (unpaired) electrons. The van der Waals surface area contributed by atoms with E-state index in [1.54, 1.807) is 36.4 Å². The second kappa shape index (κ2) is 7.71. The quantitative estimate of drug-likeness (QED) is 0.270. The normalized spacial score (nSPS) is 11.3. The molecule has 0 aliphatic carbocycles. The lowest BCUT2D eigenvalue weighted by molar-refractivity contribution is 0.475. The lowest BCUT2D eigenvalue weighted by atomic mass is 10.00. The molecule has 3 N–H and O–H groups in total. The van der Waals surface area contributed by atoms with E-state index in [4.69, 9.17) is 0 Å². The van der Waals surface area contributed by atoms with E-state index in [2.05, 4.69) is 41.0 Å². The maximum atomic E-state index is 9.80. The van der Waals surface area contributed by atoms with Crippen molar-refractivity contribution in [3.8, 4) is 45.2 Å². The molecule has 0 aliphatic rings. The first-order valence-corrected chi connectivity index (χ1v) is 11.0. The zero-order valence-corrected chi connectivity index (χ0v) is 18.2. The molecule has 0 amide bonds. The summed E-state index contributed by atoms with van der Waals surface area (Å²) in [5.74, 6) is 0.716. The number of phenols is 3. The fourth-order valence-corrected chi connectivity index (χ4v) is 4.57. The molecule has 6 aromatic rings. The minimum atomic E-state index is 0.230. The van der Waals surface area contributed by atoms with Crippen molar-refractivity contribution in [1.82, 2.24) is 4.57 Å². The maximum Gasteiger partial charge on any atom is 0.115 e. The molecule has 4 heteroatoms. The molecule has 0 atom stereocenters. The van der Waals surface area contributed by atoms with Crippen LogP contribution in [0.4, 0.5) is 0 Å². The van der Waals surface area contributed by atoms with Crippen LogP contribution in [0.2, 0.25) is 0 Å². The van der Waals surface area contributed by atoms with Gasteiger partial charge in [-0.15, -0.1) is 0 Å². The molecule has 6 rings (SSSR count). The first-order chi connectivity index (χ1) is 16.6. The minimum Gasteiger partial charge on any atom is -0.508 e. The largest absolute Gasteiger partial charge is 0.508 e. The van der Waals surface area contributed by atoms with Gasteiger partial charge in [-0.1, -0.05) is 36.4 Å². The van der Waals surface area contributed by atoms with Gasteiger partial charge in [0.1, 0.15) is 17.2 Å². The Balaban J connectivity index is 1.63. The second-order valence-electron chi connectivity index (χ2n) is 8.41. The molecular weight excluding hydrogens is 422 g/mol. The summed E-state index contributed by atoms with van der Waals surface area (Å²) in [6, 6.07) is 34.4. The Morgan fingerprint density at radius 3 is 1.15 bits per heavy atom. The summed E-state index contributed by atoms with van der Waals surface area (Å²) in [6.45, 7) is 0. The molecule has 1 aromatic heterocycles. The highest BCUT2D eigenvalue weighted by atomic mass is 16.3. The van der Waals surface area contributed by atoms with E-state index in [1.807, 2.05) is 36.4 Å². The number of aromatic nitrogens is 1. The van der Waals surface area contributed by atoms with Crippen LogP contribution in [0.3, 0.4) is 0 Å². The predicted molar refractivity (Wildman–Crippen MR) is 137 cm³/mol. The second-order valence-corrected chi connectivity index (χ2v) is 8.41. The Kier molecular flexibility index (Phi) is 4.52. The number of benzene rings is 5. The van der Waals surface area contributed by atoms with Crippen molar-refractivity contribution in [3.63, 3.8) is 0 Å². The van der Waals surface area contributed by atoms with Crippen LogP contribution in [0.25, 0.3) is 49.7 Å². The summed E-state index contributed by atoms with van der Waals surface area (Å²) in [5.41, 5.74) is 7.27. The summed E-state index contributed by atoms with van der Waals surface area (Å²) < 4.78 is 2.20. The van der Waals surface area contributed by atoms with Gasteiger partial charge in [-0.05, 0) is 95.1 Å². The summed E-state index contributed by atoms with van der Waals surface area (Å²) in [7, 11) is 0. The van der Waals surface area contributed by atoms with Gasteiger partial charge in [-0.3, -0.25) is 0 Å². The van der Waals surface area contributed by atoms with Gasteiger partial charge in [0.2, 0.25) is 0 Å². The molecule has 5 aromatic carbocycles. The van der Waals surface area contributed by atoms with Crippen molar-refractivity contribution in [3.05, 3.63) is 109 Å². The number of fused-ring (bicyclic) bond motifs is 3. The first kappa shape index (κ1) is 19.9. The topological polar surface area (TPSA) is 65.6 Å². The fourth-order valence-electron chi connectivity index (χ4n) is 4.57. The number of aromatic hydroxyl groups is 3. The molecular formula is C30H21NO3. The smallest absolute Gasteiger partial charge is 0.115 e. The van der Waals surface area contributed by atoms with Crippen LogP contribution in [0.5, 0.6) is 17.2 Å². The van der Waals surface area contributed by atoms with E-state index in [0.717, 1.165) is 49.7 Å². The van der Waals surface area contributed by atoms with Crippen LogP contribution in [-0.4, -0.2) is 19.9 Å². The minimum absolute atomic E-state index is 0.230. The zero-order chi connectivity index (χ0) is 23.2. The van der Waals surface area contributed by atoms with E-state index in [-0.39, 0.29) is 17.2 Å². The van der Waals surface area contributed by atoms with E-state index >= 15 is 0 Å². The highest BCUT2D eigenvalue weighted by molar-refractivity contribution is 6.11. The molecule has 0 aliphatic heterocycles. The summed E-state index contributed by atoms with van der Waals surface area (Å²) in [4.78, 5) is 0. The van der Waals surface area contributed by atoms with E-state index < -0.39 is 0 Å². The molecule has 0 fully saturated rings. The zero-order valence-electron chi connectivity index (χ0n) is 18.2. The van der Waals surface area contributed by atoms with Crippen molar-refractivity contribution in [1.29, 1.82) is 0 Å². The van der Waals surface area contributed by atoms with Crippen LogP contribution >= 0.6 is 0 Å². The Bertz CT molecular complexity index is 1540. The van der Waals surface area contributed by atoms with Gasteiger partial charge in [0.25, 0.3) is 0 Å². The lowest BCUT2D eigenvalue weighted by Crippen LogP contribution is -1.93. The van der Waals surface area contributed by atoms with Crippen molar-refractivity contribution in [2.75, 3.05) is 0 Å². The Hall–Kier alpha value is -4.70. The number of nitrogens with zero attached hydrogens (tertiary/aromatic N) is 1. The third kappa shape index (κ3) is 3.33.